The van der Waals surface area contributed by atoms with Crippen LogP contribution in [0.3, 0.4) is 0 Å². The molecule has 2 N–H and O–H groups in total. The number of benzene rings is 2. The lowest BCUT2D eigenvalue weighted by molar-refractivity contribution is -0.137. The van der Waals surface area contributed by atoms with Crippen LogP contribution in [0, 0.1) is 0 Å². The maximum Gasteiger partial charge on any atom is 0.416 e. The van der Waals surface area contributed by atoms with Crippen molar-refractivity contribution in [2.45, 2.75) is 36.8 Å². The molecule has 1 saturated heterocycles. The Morgan fingerprint density at radius 3 is 2.19 bits per heavy atom. The monoisotopic (exact) mass is 472 g/mol. The topological polar surface area (TPSA) is 88.1 Å². The quantitative estimate of drug-likeness (QED) is 0.473. The van der Waals surface area contributed by atoms with E-state index in [1.54, 1.807) is 35.8 Å². The van der Waals surface area contributed by atoms with Gasteiger partial charge in [-0.3, -0.25) is 10.0 Å². The van der Waals surface area contributed by atoms with Gasteiger partial charge in [0.25, 0.3) is 5.91 Å². The summed E-state index contributed by atoms with van der Waals surface area (Å²) in [5.74, 6) is -0.542. The van der Waals surface area contributed by atoms with Crippen molar-refractivity contribution >= 4 is 17.0 Å². The number of nitrogens with zero attached hydrogens (tertiary/aromatic N) is 1. The lowest BCUT2D eigenvalue weighted by Crippen LogP contribution is -2.47. The van der Waals surface area contributed by atoms with Crippen molar-refractivity contribution in [1.29, 1.82) is 0 Å². The first kappa shape index (κ1) is 24.2. The summed E-state index contributed by atoms with van der Waals surface area (Å²) < 4.78 is 60.6. The van der Waals surface area contributed by atoms with Gasteiger partial charge < -0.3 is 4.74 Å². The second-order valence-electron chi connectivity index (χ2n) is 7.42. The maximum absolute atomic E-state index is 13.0. The average molecular weight is 472 g/mol. The molecule has 32 heavy (non-hydrogen) atoms. The van der Waals surface area contributed by atoms with Gasteiger partial charge in [0.2, 0.25) is 0 Å². The van der Waals surface area contributed by atoms with E-state index < -0.39 is 33.5 Å². The summed E-state index contributed by atoms with van der Waals surface area (Å²) in [6.07, 6.45) is -3.70. The molecule has 2 aromatic carbocycles. The maximum atomic E-state index is 13.0. The molecule has 174 valence electrons. The Labute approximate surface area is 185 Å². The van der Waals surface area contributed by atoms with Crippen LogP contribution in [0.2, 0.25) is 0 Å². The SMILES string of the molecule is CC(C(=O)NO)(c1ccccc1)S(=O)ON1CCC(Oc2ccc(C(F)(F)F)cc2)CC1. The van der Waals surface area contributed by atoms with Crippen molar-refractivity contribution in [3.05, 3.63) is 65.7 Å². The van der Waals surface area contributed by atoms with Gasteiger partial charge in [-0.05, 0) is 49.6 Å². The number of halogens is 3. The zero-order chi connectivity index (χ0) is 23.4. The van der Waals surface area contributed by atoms with E-state index in [1.807, 2.05) is 0 Å². The van der Waals surface area contributed by atoms with Crippen molar-refractivity contribution in [1.82, 2.24) is 10.5 Å². The van der Waals surface area contributed by atoms with E-state index in [1.165, 1.54) is 24.1 Å². The van der Waals surface area contributed by atoms with Gasteiger partial charge in [0.15, 0.2) is 15.8 Å². The molecule has 0 aromatic heterocycles. The summed E-state index contributed by atoms with van der Waals surface area (Å²) in [7, 11) is 0. The molecular formula is C21H23F3N2O5S. The van der Waals surface area contributed by atoms with Gasteiger partial charge >= 0.3 is 6.18 Å². The number of piperidine rings is 1. The summed E-state index contributed by atoms with van der Waals surface area (Å²) in [5.41, 5.74) is 1.21. The summed E-state index contributed by atoms with van der Waals surface area (Å²) in [6.45, 7) is 2.08. The number of carbonyl (C=O) groups is 1. The van der Waals surface area contributed by atoms with Crippen LogP contribution in [0.15, 0.2) is 54.6 Å². The minimum Gasteiger partial charge on any atom is -0.490 e. The summed E-state index contributed by atoms with van der Waals surface area (Å²) in [5, 5.41) is 10.6. The van der Waals surface area contributed by atoms with E-state index in [0.29, 0.717) is 37.2 Å². The molecule has 2 atom stereocenters. The van der Waals surface area contributed by atoms with Crippen molar-refractivity contribution in [3.63, 3.8) is 0 Å². The number of alkyl halides is 3. The molecule has 0 saturated carbocycles. The molecule has 3 rings (SSSR count). The Morgan fingerprint density at radius 2 is 1.66 bits per heavy atom. The molecule has 1 amide bonds. The molecule has 0 bridgehead atoms. The second kappa shape index (κ2) is 9.99. The minimum atomic E-state index is -4.40. The van der Waals surface area contributed by atoms with E-state index in [2.05, 4.69) is 0 Å². The number of hydroxylamine groups is 3. The van der Waals surface area contributed by atoms with E-state index in [-0.39, 0.29) is 6.10 Å². The van der Waals surface area contributed by atoms with E-state index in [0.717, 1.165) is 12.1 Å². The van der Waals surface area contributed by atoms with Gasteiger partial charge in [-0.15, -0.1) is 0 Å². The average Bonchev–Trinajstić information content (AvgIpc) is 2.79. The number of amides is 1. The van der Waals surface area contributed by atoms with E-state index >= 15 is 0 Å². The summed E-state index contributed by atoms with van der Waals surface area (Å²) in [6, 6.07) is 12.8. The van der Waals surface area contributed by atoms with Crippen molar-refractivity contribution in [2.75, 3.05) is 13.1 Å². The molecule has 1 aliphatic rings. The van der Waals surface area contributed by atoms with Crippen molar-refractivity contribution in [3.8, 4) is 5.75 Å². The molecular weight excluding hydrogens is 449 g/mol. The first-order valence-electron chi connectivity index (χ1n) is 9.84. The zero-order valence-electron chi connectivity index (χ0n) is 17.2. The van der Waals surface area contributed by atoms with Crippen LogP contribution >= 0.6 is 0 Å². The van der Waals surface area contributed by atoms with Crippen molar-refractivity contribution < 1.29 is 36.4 Å². The molecule has 2 unspecified atom stereocenters. The Hall–Kier alpha value is -2.47. The number of carbonyl (C=O) groups excluding carboxylic acids is 1. The van der Waals surface area contributed by atoms with Crippen LogP contribution in [-0.2, 0) is 31.1 Å². The molecule has 0 radical (unpaired) electrons. The highest BCUT2D eigenvalue weighted by atomic mass is 32.2. The molecule has 1 fully saturated rings. The number of rotatable bonds is 7. The van der Waals surface area contributed by atoms with Crippen molar-refractivity contribution in [2.24, 2.45) is 0 Å². The molecule has 1 aliphatic heterocycles. The summed E-state index contributed by atoms with van der Waals surface area (Å²) >= 11 is -2.16. The number of hydrogen-bond acceptors (Lipinski definition) is 6. The molecule has 0 spiro atoms. The first-order chi connectivity index (χ1) is 15.1. The third-order valence-corrected chi connectivity index (χ3v) is 6.69. The molecule has 2 aromatic rings. The highest BCUT2D eigenvalue weighted by molar-refractivity contribution is 7.82. The highest BCUT2D eigenvalue weighted by Gasteiger charge is 2.44. The van der Waals surface area contributed by atoms with E-state index in [4.69, 9.17) is 14.2 Å². The number of nitrogens with one attached hydrogen (secondary N) is 1. The van der Waals surface area contributed by atoms with Gasteiger partial charge in [0.1, 0.15) is 11.9 Å². The summed E-state index contributed by atoms with van der Waals surface area (Å²) in [4.78, 5) is 12.3. The standard InChI is InChI=1S/C21H23F3N2O5S/c1-20(19(27)25-28,15-5-3-2-4-6-15)32(29)31-26-13-11-18(12-14-26)30-17-9-7-16(8-10-17)21(22,23)24/h2-10,18,28H,11-14H2,1H3,(H,25,27). The van der Waals surface area contributed by atoms with Gasteiger partial charge in [-0.1, -0.05) is 30.3 Å². The van der Waals surface area contributed by atoms with Crippen LogP contribution < -0.4 is 10.2 Å². The van der Waals surface area contributed by atoms with Gasteiger partial charge in [-0.25, -0.2) is 9.69 Å². The molecule has 7 nitrogen and oxygen atoms in total. The Bertz CT molecular complexity index is 935. The van der Waals surface area contributed by atoms with Crippen LogP contribution in [0.4, 0.5) is 13.2 Å². The van der Waals surface area contributed by atoms with Crippen LogP contribution in [0.25, 0.3) is 0 Å². The lowest BCUT2D eigenvalue weighted by Gasteiger charge is -2.33. The lowest BCUT2D eigenvalue weighted by atomic mass is 10.00. The molecule has 1 heterocycles. The Balaban J connectivity index is 1.58. The Kier molecular flexibility index (Phi) is 7.55. The zero-order valence-corrected chi connectivity index (χ0v) is 18.0. The van der Waals surface area contributed by atoms with Crippen LogP contribution in [0.1, 0.15) is 30.9 Å². The highest BCUT2D eigenvalue weighted by Crippen LogP contribution is 2.32. The van der Waals surface area contributed by atoms with Gasteiger partial charge in [-0.2, -0.15) is 22.5 Å². The minimum absolute atomic E-state index is 0.249. The molecule has 11 heteroatoms. The van der Waals surface area contributed by atoms with Gasteiger partial charge in [0, 0.05) is 13.1 Å². The predicted molar refractivity (Wildman–Crippen MR) is 110 cm³/mol. The third-order valence-electron chi connectivity index (χ3n) is 5.25. The molecule has 0 aliphatic carbocycles. The fourth-order valence-electron chi connectivity index (χ4n) is 3.28. The number of ether oxygens (including phenoxy) is 1. The predicted octanol–water partition coefficient (Wildman–Crippen LogP) is 3.56. The van der Waals surface area contributed by atoms with Crippen LogP contribution in [-0.4, -0.2) is 39.6 Å². The third kappa shape index (κ3) is 5.47. The van der Waals surface area contributed by atoms with Gasteiger partial charge in [0.05, 0.1) is 5.56 Å². The fourth-order valence-corrected chi connectivity index (χ4v) is 4.29. The largest absolute Gasteiger partial charge is 0.490 e. The smallest absolute Gasteiger partial charge is 0.416 e. The Morgan fingerprint density at radius 1 is 1.06 bits per heavy atom. The second-order valence-corrected chi connectivity index (χ2v) is 8.85. The first-order valence-corrected chi connectivity index (χ1v) is 10.9. The normalized spacial score (nSPS) is 18.5. The fraction of sp³-hybridized carbons (Fsp3) is 0.381. The van der Waals surface area contributed by atoms with E-state index in [9.17, 15) is 22.2 Å². The number of hydrogen-bond donors (Lipinski definition) is 2. The van der Waals surface area contributed by atoms with Crippen LogP contribution in [0.5, 0.6) is 5.75 Å².